The van der Waals surface area contributed by atoms with E-state index in [1.165, 1.54) is 17.7 Å². The van der Waals surface area contributed by atoms with Crippen LogP contribution in [0.25, 0.3) is 5.65 Å². The summed E-state index contributed by atoms with van der Waals surface area (Å²) in [6.45, 7) is 0.173. The summed E-state index contributed by atoms with van der Waals surface area (Å²) >= 11 is 0. The molecule has 0 amide bonds. The van der Waals surface area contributed by atoms with Crippen LogP contribution in [0.3, 0.4) is 0 Å². The fourth-order valence-electron chi connectivity index (χ4n) is 1.43. The summed E-state index contributed by atoms with van der Waals surface area (Å²) in [5.74, 6) is 0.459. The van der Waals surface area contributed by atoms with E-state index in [0.29, 0.717) is 17.1 Å². The van der Waals surface area contributed by atoms with Gasteiger partial charge in [-0.25, -0.2) is 9.38 Å². The number of pyridine rings is 1. The van der Waals surface area contributed by atoms with E-state index in [4.69, 9.17) is 10.5 Å². The van der Waals surface area contributed by atoms with Crippen LogP contribution in [-0.2, 0) is 6.54 Å². The van der Waals surface area contributed by atoms with Gasteiger partial charge in [0, 0.05) is 18.3 Å². The van der Waals surface area contributed by atoms with Crippen molar-refractivity contribution in [1.82, 2.24) is 9.38 Å². The molecule has 2 rings (SSSR count). The smallest absolute Gasteiger partial charge is 0.265 e. The second kappa shape index (κ2) is 3.70. The zero-order chi connectivity index (χ0) is 10.8. The van der Waals surface area contributed by atoms with E-state index in [9.17, 15) is 4.79 Å². The number of fused-ring (bicyclic) bond motifs is 1. The van der Waals surface area contributed by atoms with E-state index >= 15 is 0 Å². The normalized spacial score (nSPS) is 10.5. The number of nitrogens with zero attached hydrogens (tertiary/aromatic N) is 2. The van der Waals surface area contributed by atoms with Crippen molar-refractivity contribution in [3.8, 4) is 5.88 Å². The van der Waals surface area contributed by atoms with Crippen molar-refractivity contribution < 1.29 is 4.74 Å². The molecule has 5 nitrogen and oxygen atoms in total. The van der Waals surface area contributed by atoms with E-state index in [-0.39, 0.29) is 12.1 Å². The van der Waals surface area contributed by atoms with Gasteiger partial charge in [-0.3, -0.25) is 4.79 Å². The van der Waals surface area contributed by atoms with Crippen molar-refractivity contribution in [2.75, 3.05) is 7.11 Å². The average molecular weight is 205 g/mol. The van der Waals surface area contributed by atoms with Gasteiger partial charge in [0.1, 0.15) is 5.65 Å². The molecule has 0 atom stereocenters. The van der Waals surface area contributed by atoms with Crippen molar-refractivity contribution in [3.05, 3.63) is 40.3 Å². The van der Waals surface area contributed by atoms with Gasteiger partial charge in [0.25, 0.3) is 5.56 Å². The molecule has 2 aromatic rings. The van der Waals surface area contributed by atoms with Crippen molar-refractivity contribution >= 4 is 5.65 Å². The molecule has 0 spiro atoms. The van der Waals surface area contributed by atoms with Crippen LogP contribution in [0.2, 0.25) is 0 Å². The minimum absolute atomic E-state index is 0.173. The Kier molecular flexibility index (Phi) is 2.39. The molecule has 78 valence electrons. The number of hydrogen-bond acceptors (Lipinski definition) is 4. The molecule has 0 saturated heterocycles. The first-order valence-corrected chi connectivity index (χ1v) is 4.51. The minimum Gasteiger partial charge on any atom is -0.482 e. The van der Waals surface area contributed by atoms with E-state index in [2.05, 4.69) is 4.98 Å². The van der Waals surface area contributed by atoms with Gasteiger partial charge in [-0.1, -0.05) is 6.07 Å². The number of ether oxygens (including phenoxy) is 1. The van der Waals surface area contributed by atoms with Gasteiger partial charge in [0.15, 0.2) is 0 Å². The molecule has 0 aromatic carbocycles. The number of hydrogen-bond donors (Lipinski definition) is 1. The molecular weight excluding hydrogens is 194 g/mol. The first-order chi connectivity index (χ1) is 7.27. The summed E-state index contributed by atoms with van der Waals surface area (Å²) in [7, 11) is 1.51. The van der Waals surface area contributed by atoms with Gasteiger partial charge in [-0.05, 0) is 12.1 Å². The number of rotatable bonds is 2. The van der Waals surface area contributed by atoms with Crippen molar-refractivity contribution in [2.24, 2.45) is 5.73 Å². The van der Waals surface area contributed by atoms with Crippen LogP contribution in [-0.4, -0.2) is 16.5 Å². The molecule has 0 radical (unpaired) electrons. The standard InChI is InChI=1S/C10H11N3O2/c1-15-9-4-2-3-8-12-6-7(5-11)10(14)13(8)9/h2-4,6H,5,11H2,1H3. The van der Waals surface area contributed by atoms with Crippen LogP contribution < -0.4 is 16.0 Å². The van der Waals surface area contributed by atoms with E-state index in [0.717, 1.165) is 0 Å². The molecule has 2 aromatic heterocycles. The van der Waals surface area contributed by atoms with Crippen LogP contribution in [0.1, 0.15) is 5.56 Å². The second-order valence-electron chi connectivity index (χ2n) is 3.05. The highest BCUT2D eigenvalue weighted by atomic mass is 16.5. The Morgan fingerprint density at radius 3 is 3.00 bits per heavy atom. The lowest BCUT2D eigenvalue weighted by atomic mass is 10.3. The summed E-state index contributed by atoms with van der Waals surface area (Å²) in [5.41, 5.74) is 6.28. The molecule has 0 bridgehead atoms. The van der Waals surface area contributed by atoms with Gasteiger partial charge < -0.3 is 10.5 Å². The van der Waals surface area contributed by atoms with E-state index in [1.54, 1.807) is 18.2 Å². The minimum atomic E-state index is -0.181. The Balaban J connectivity index is 2.89. The lowest BCUT2D eigenvalue weighted by molar-refractivity contribution is 0.390. The Morgan fingerprint density at radius 2 is 2.33 bits per heavy atom. The fraction of sp³-hybridized carbons (Fsp3) is 0.200. The Labute approximate surface area is 86.1 Å². The Hall–Kier alpha value is -1.88. The van der Waals surface area contributed by atoms with Crippen molar-refractivity contribution in [3.63, 3.8) is 0 Å². The van der Waals surface area contributed by atoms with Crippen LogP contribution in [0, 0.1) is 0 Å². The summed E-state index contributed by atoms with van der Waals surface area (Å²) in [6, 6.07) is 5.23. The van der Waals surface area contributed by atoms with Crippen molar-refractivity contribution in [1.29, 1.82) is 0 Å². The first-order valence-electron chi connectivity index (χ1n) is 4.51. The largest absolute Gasteiger partial charge is 0.482 e. The van der Waals surface area contributed by atoms with E-state index < -0.39 is 0 Å². The first kappa shape index (κ1) is 9.67. The quantitative estimate of drug-likeness (QED) is 0.758. The highest BCUT2D eigenvalue weighted by Gasteiger charge is 2.06. The highest BCUT2D eigenvalue weighted by molar-refractivity contribution is 5.42. The predicted molar refractivity (Wildman–Crippen MR) is 55.9 cm³/mol. The zero-order valence-electron chi connectivity index (χ0n) is 8.30. The summed E-state index contributed by atoms with van der Waals surface area (Å²) in [5, 5.41) is 0. The molecule has 0 aliphatic rings. The highest BCUT2D eigenvalue weighted by Crippen LogP contribution is 2.09. The molecule has 2 heterocycles. The third-order valence-electron chi connectivity index (χ3n) is 2.19. The summed E-state index contributed by atoms with van der Waals surface area (Å²) in [4.78, 5) is 16.0. The lowest BCUT2D eigenvalue weighted by Gasteiger charge is -2.07. The number of methoxy groups -OCH3 is 1. The van der Waals surface area contributed by atoms with Crippen LogP contribution in [0.5, 0.6) is 5.88 Å². The van der Waals surface area contributed by atoms with Crippen LogP contribution in [0.15, 0.2) is 29.2 Å². The van der Waals surface area contributed by atoms with Gasteiger partial charge in [-0.2, -0.15) is 0 Å². The second-order valence-corrected chi connectivity index (χ2v) is 3.05. The third kappa shape index (κ3) is 1.46. The summed E-state index contributed by atoms with van der Waals surface area (Å²) in [6.07, 6.45) is 1.50. The molecule has 0 unspecified atom stereocenters. The fourth-order valence-corrected chi connectivity index (χ4v) is 1.43. The maximum Gasteiger partial charge on any atom is 0.265 e. The van der Waals surface area contributed by atoms with Gasteiger partial charge in [0.05, 0.1) is 7.11 Å². The number of nitrogens with two attached hydrogens (primary N) is 1. The SMILES string of the molecule is COc1cccc2ncc(CN)c(=O)n12. The predicted octanol–water partition coefficient (Wildman–Crippen LogP) is 0.162. The molecular formula is C10H11N3O2. The maximum atomic E-state index is 11.9. The van der Waals surface area contributed by atoms with Crippen LogP contribution >= 0.6 is 0 Å². The molecule has 5 heteroatoms. The zero-order valence-corrected chi connectivity index (χ0v) is 8.30. The van der Waals surface area contributed by atoms with Crippen LogP contribution in [0.4, 0.5) is 0 Å². The van der Waals surface area contributed by atoms with Gasteiger partial charge >= 0.3 is 0 Å². The number of aromatic nitrogens is 2. The molecule has 15 heavy (non-hydrogen) atoms. The Bertz CT molecular complexity index is 548. The van der Waals surface area contributed by atoms with Crippen molar-refractivity contribution in [2.45, 2.75) is 6.54 Å². The van der Waals surface area contributed by atoms with E-state index in [1.807, 2.05) is 0 Å². The molecule has 0 aliphatic carbocycles. The topological polar surface area (TPSA) is 69.6 Å². The Morgan fingerprint density at radius 1 is 1.53 bits per heavy atom. The lowest BCUT2D eigenvalue weighted by Crippen LogP contribution is -2.22. The summed E-state index contributed by atoms with van der Waals surface area (Å²) < 4.78 is 6.49. The molecule has 2 N–H and O–H groups in total. The van der Waals surface area contributed by atoms with Gasteiger partial charge in [-0.15, -0.1) is 0 Å². The molecule has 0 aliphatic heterocycles. The molecule has 0 saturated carbocycles. The third-order valence-corrected chi connectivity index (χ3v) is 2.19. The maximum absolute atomic E-state index is 11.9. The monoisotopic (exact) mass is 205 g/mol. The molecule has 0 fully saturated rings. The average Bonchev–Trinajstić information content (AvgIpc) is 2.29. The van der Waals surface area contributed by atoms with Gasteiger partial charge in [0.2, 0.25) is 5.88 Å².